The molecule has 0 fully saturated rings. The summed E-state index contributed by atoms with van der Waals surface area (Å²) in [6, 6.07) is 7.67. The lowest BCUT2D eigenvalue weighted by Gasteiger charge is -2.06. The van der Waals surface area contributed by atoms with Gasteiger partial charge in [-0.1, -0.05) is 0 Å². The average Bonchev–Trinajstić information content (AvgIpc) is 2.97. The Hall–Kier alpha value is -2.89. The Bertz CT molecular complexity index is 769. The number of H-pyrrole nitrogens is 1. The Morgan fingerprint density at radius 3 is 2.81 bits per heavy atom. The minimum Gasteiger partial charge on any atom is -0.508 e. The molecule has 0 aliphatic rings. The molecule has 2 N–H and O–H groups in total. The van der Waals surface area contributed by atoms with Gasteiger partial charge in [-0.25, -0.2) is 9.97 Å². The Morgan fingerprint density at radius 2 is 2.10 bits per heavy atom. The van der Waals surface area contributed by atoms with Gasteiger partial charge in [-0.3, -0.25) is 0 Å². The number of benzene rings is 1. The van der Waals surface area contributed by atoms with E-state index in [2.05, 4.69) is 15.0 Å². The molecule has 3 rings (SSSR count). The third-order valence-corrected chi connectivity index (χ3v) is 3.04. The van der Waals surface area contributed by atoms with Crippen LogP contribution in [0, 0.1) is 5.95 Å². The number of nitrogens with zero attached hydrogens (tertiary/aromatic N) is 2. The molecule has 3 aromatic rings. The number of methoxy groups -OCH3 is 1. The van der Waals surface area contributed by atoms with E-state index in [0.717, 1.165) is 5.56 Å². The smallest absolute Gasteiger partial charge is 0.212 e. The molecule has 5 nitrogen and oxygen atoms in total. The average molecular weight is 285 g/mol. The molecule has 2 aromatic heterocycles. The molecule has 21 heavy (non-hydrogen) atoms. The van der Waals surface area contributed by atoms with Crippen molar-refractivity contribution >= 4 is 0 Å². The molecular weight excluding hydrogens is 273 g/mol. The van der Waals surface area contributed by atoms with E-state index >= 15 is 0 Å². The highest BCUT2D eigenvalue weighted by molar-refractivity contribution is 5.70. The minimum atomic E-state index is -0.536. The van der Waals surface area contributed by atoms with Gasteiger partial charge < -0.3 is 14.8 Å². The summed E-state index contributed by atoms with van der Waals surface area (Å²) in [7, 11) is 1.52. The number of hydrogen-bond donors (Lipinski definition) is 2. The number of imidazole rings is 1. The number of rotatable bonds is 3. The highest BCUT2D eigenvalue weighted by Crippen LogP contribution is 2.32. The number of pyridine rings is 1. The second-order valence-electron chi connectivity index (χ2n) is 4.39. The summed E-state index contributed by atoms with van der Waals surface area (Å²) in [6.07, 6.45) is 3.12. The SMILES string of the molecule is COc1cc(O)ccc1-c1c[nH]c(-c2ccc(F)nc2)n1. The van der Waals surface area contributed by atoms with Crippen molar-refractivity contribution in [1.82, 2.24) is 15.0 Å². The topological polar surface area (TPSA) is 71.0 Å². The number of phenols is 1. The van der Waals surface area contributed by atoms with Crippen molar-refractivity contribution < 1.29 is 14.2 Å². The number of aromatic nitrogens is 3. The molecule has 0 saturated heterocycles. The van der Waals surface area contributed by atoms with Crippen molar-refractivity contribution in [2.45, 2.75) is 0 Å². The van der Waals surface area contributed by atoms with E-state index in [4.69, 9.17) is 4.74 Å². The van der Waals surface area contributed by atoms with Crippen molar-refractivity contribution in [3.63, 3.8) is 0 Å². The fraction of sp³-hybridized carbons (Fsp3) is 0.0667. The van der Waals surface area contributed by atoms with Crippen LogP contribution in [0.2, 0.25) is 0 Å². The van der Waals surface area contributed by atoms with Crippen LogP contribution in [-0.4, -0.2) is 27.2 Å². The molecule has 1 aromatic carbocycles. The number of nitrogens with one attached hydrogen (secondary N) is 1. The Labute approximate surface area is 120 Å². The van der Waals surface area contributed by atoms with Crippen molar-refractivity contribution in [3.05, 3.63) is 48.7 Å². The number of ether oxygens (including phenoxy) is 1. The molecule has 0 bridgehead atoms. The van der Waals surface area contributed by atoms with Gasteiger partial charge in [0.05, 0.1) is 12.8 Å². The fourth-order valence-corrected chi connectivity index (χ4v) is 2.01. The van der Waals surface area contributed by atoms with E-state index in [0.29, 0.717) is 22.8 Å². The molecule has 0 aliphatic carbocycles. The summed E-state index contributed by atoms with van der Waals surface area (Å²) in [5.74, 6) is 0.678. The first kappa shape index (κ1) is 13.1. The molecule has 0 atom stereocenters. The van der Waals surface area contributed by atoms with Crippen LogP contribution in [0.1, 0.15) is 0 Å². The van der Waals surface area contributed by atoms with Crippen LogP contribution in [-0.2, 0) is 0 Å². The second kappa shape index (κ2) is 5.24. The lowest BCUT2D eigenvalue weighted by atomic mass is 10.1. The highest BCUT2D eigenvalue weighted by Gasteiger charge is 2.11. The summed E-state index contributed by atoms with van der Waals surface area (Å²) >= 11 is 0. The van der Waals surface area contributed by atoms with E-state index in [1.54, 1.807) is 24.4 Å². The van der Waals surface area contributed by atoms with Crippen molar-refractivity contribution in [3.8, 4) is 34.1 Å². The molecule has 0 unspecified atom stereocenters. The molecule has 0 spiro atoms. The Kier molecular flexibility index (Phi) is 3.27. The zero-order chi connectivity index (χ0) is 14.8. The molecule has 0 saturated carbocycles. The van der Waals surface area contributed by atoms with Crippen molar-refractivity contribution in [2.75, 3.05) is 7.11 Å². The number of halogens is 1. The summed E-state index contributed by atoms with van der Waals surface area (Å²) in [5.41, 5.74) is 2.08. The Balaban J connectivity index is 2.00. The zero-order valence-corrected chi connectivity index (χ0v) is 11.2. The number of aromatic amines is 1. The largest absolute Gasteiger partial charge is 0.508 e. The lowest BCUT2D eigenvalue weighted by molar-refractivity contribution is 0.409. The van der Waals surface area contributed by atoms with Crippen LogP contribution < -0.4 is 4.74 Å². The third-order valence-electron chi connectivity index (χ3n) is 3.04. The van der Waals surface area contributed by atoms with Crippen molar-refractivity contribution in [2.24, 2.45) is 0 Å². The molecule has 2 heterocycles. The molecular formula is C15H12FN3O2. The maximum atomic E-state index is 12.8. The van der Waals surface area contributed by atoms with Gasteiger partial charge in [0.15, 0.2) is 0 Å². The summed E-state index contributed by atoms with van der Waals surface area (Å²) < 4.78 is 18.1. The first-order valence-electron chi connectivity index (χ1n) is 6.22. The molecule has 6 heteroatoms. The lowest BCUT2D eigenvalue weighted by Crippen LogP contribution is -1.88. The van der Waals surface area contributed by atoms with Crippen LogP contribution >= 0.6 is 0 Å². The minimum absolute atomic E-state index is 0.120. The first-order valence-corrected chi connectivity index (χ1v) is 6.22. The normalized spacial score (nSPS) is 10.6. The summed E-state index contributed by atoms with van der Waals surface area (Å²) in [5, 5.41) is 9.47. The number of phenolic OH excluding ortho intramolecular Hbond substituents is 1. The highest BCUT2D eigenvalue weighted by atomic mass is 19.1. The van der Waals surface area contributed by atoms with Gasteiger partial charge >= 0.3 is 0 Å². The van der Waals surface area contributed by atoms with Gasteiger partial charge in [0.2, 0.25) is 5.95 Å². The number of aromatic hydroxyl groups is 1. The van der Waals surface area contributed by atoms with Crippen LogP contribution in [0.15, 0.2) is 42.7 Å². The van der Waals surface area contributed by atoms with Crippen LogP contribution in [0.3, 0.4) is 0 Å². The van der Waals surface area contributed by atoms with Gasteiger partial charge in [-0.05, 0) is 24.3 Å². The van der Waals surface area contributed by atoms with Crippen LogP contribution in [0.25, 0.3) is 22.6 Å². The maximum absolute atomic E-state index is 12.8. The standard InChI is InChI=1S/C15H12FN3O2/c1-21-13-6-10(20)3-4-11(13)12-8-18-15(19-12)9-2-5-14(16)17-7-9/h2-8,20H,1H3,(H,18,19). The van der Waals surface area contributed by atoms with E-state index in [9.17, 15) is 9.50 Å². The maximum Gasteiger partial charge on any atom is 0.212 e. The van der Waals surface area contributed by atoms with Crippen LogP contribution in [0.5, 0.6) is 11.5 Å². The molecule has 0 aliphatic heterocycles. The van der Waals surface area contributed by atoms with Gasteiger partial charge in [0, 0.05) is 29.6 Å². The van der Waals surface area contributed by atoms with E-state index < -0.39 is 5.95 Å². The van der Waals surface area contributed by atoms with E-state index in [1.807, 2.05) is 0 Å². The first-order chi connectivity index (χ1) is 10.2. The predicted molar refractivity (Wildman–Crippen MR) is 75.4 cm³/mol. The van der Waals surface area contributed by atoms with Gasteiger partial charge in [-0.2, -0.15) is 4.39 Å². The zero-order valence-electron chi connectivity index (χ0n) is 11.2. The monoisotopic (exact) mass is 285 g/mol. The number of hydrogen-bond acceptors (Lipinski definition) is 4. The van der Waals surface area contributed by atoms with E-state index in [1.165, 1.54) is 25.4 Å². The third kappa shape index (κ3) is 2.55. The predicted octanol–water partition coefficient (Wildman–Crippen LogP) is 2.99. The second-order valence-corrected chi connectivity index (χ2v) is 4.39. The summed E-state index contributed by atoms with van der Waals surface area (Å²) in [4.78, 5) is 11.1. The van der Waals surface area contributed by atoms with Gasteiger partial charge in [0.1, 0.15) is 17.3 Å². The van der Waals surface area contributed by atoms with Gasteiger partial charge in [0.25, 0.3) is 0 Å². The Morgan fingerprint density at radius 1 is 1.24 bits per heavy atom. The van der Waals surface area contributed by atoms with Crippen LogP contribution in [0.4, 0.5) is 4.39 Å². The summed E-state index contributed by atoms with van der Waals surface area (Å²) in [6.45, 7) is 0. The van der Waals surface area contributed by atoms with E-state index in [-0.39, 0.29) is 5.75 Å². The fourth-order valence-electron chi connectivity index (χ4n) is 2.01. The molecule has 0 amide bonds. The van der Waals surface area contributed by atoms with Crippen molar-refractivity contribution in [1.29, 1.82) is 0 Å². The quantitative estimate of drug-likeness (QED) is 0.726. The van der Waals surface area contributed by atoms with Gasteiger partial charge in [-0.15, -0.1) is 0 Å². The molecule has 0 radical (unpaired) electrons. The molecule has 106 valence electrons.